The van der Waals surface area contributed by atoms with E-state index in [2.05, 4.69) is 15.0 Å². The van der Waals surface area contributed by atoms with Gasteiger partial charge >= 0.3 is 6.09 Å². The Morgan fingerprint density at radius 1 is 0.796 bits per heavy atom. The third-order valence-corrected chi connectivity index (χ3v) is 7.49. The molecule has 0 saturated carbocycles. The Morgan fingerprint density at radius 3 is 2.14 bits per heavy atom. The summed E-state index contributed by atoms with van der Waals surface area (Å²) in [7, 11) is 0. The lowest BCUT2D eigenvalue weighted by molar-refractivity contribution is -0.384. The van der Waals surface area contributed by atoms with Crippen molar-refractivity contribution in [2.75, 3.05) is 17.2 Å². The van der Waals surface area contributed by atoms with Crippen LogP contribution in [0.25, 0.3) is 67.2 Å². The number of non-ortho nitro benzene ring substituents is 1. The highest BCUT2D eigenvalue weighted by molar-refractivity contribution is 5.97. The highest BCUT2D eigenvalue weighted by atomic mass is 16.6. The van der Waals surface area contributed by atoms with Gasteiger partial charge in [0.1, 0.15) is 28.0 Å². The first-order chi connectivity index (χ1) is 23.3. The summed E-state index contributed by atoms with van der Waals surface area (Å²) in [6.07, 6.45) is -0.597. The second-order valence-corrected chi connectivity index (χ2v) is 12.4. The average molecular weight is 659 g/mol. The highest BCUT2D eigenvalue weighted by Crippen LogP contribution is 2.33. The summed E-state index contributed by atoms with van der Waals surface area (Å²) < 4.78 is 18.4. The van der Waals surface area contributed by atoms with Gasteiger partial charge < -0.3 is 35.8 Å². The normalized spacial score (nSPS) is 11.7. The molecule has 0 amide bonds. The number of oxazole rings is 2. The molecule has 0 atom stereocenters. The van der Waals surface area contributed by atoms with E-state index in [1.165, 1.54) is 22.8 Å². The van der Waals surface area contributed by atoms with E-state index in [4.69, 9.17) is 30.8 Å². The van der Waals surface area contributed by atoms with Crippen LogP contribution in [0.1, 0.15) is 20.8 Å². The number of carbonyl (C=O) groups is 1. The van der Waals surface area contributed by atoms with Crippen LogP contribution in [0.5, 0.6) is 0 Å². The number of nitrogens with two attached hydrogens (primary N) is 3. The monoisotopic (exact) mass is 658 g/mol. The van der Waals surface area contributed by atoms with Gasteiger partial charge in [-0.05, 0) is 93.6 Å². The van der Waals surface area contributed by atoms with Gasteiger partial charge in [-0.2, -0.15) is 0 Å². The zero-order valence-corrected chi connectivity index (χ0v) is 26.6. The topological polar surface area (TPSA) is 220 Å². The third kappa shape index (κ3) is 6.05. The lowest BCUT2D eigenvalue weighted by atomic mass is 10.2. The van der Waals surface area contributed by atoms with Gasteiger partial charge in [0.15, 0.2) is 11.2 Å². The minimum atomic E-state index is -0.708. The fourth-order valence-electron chi connectivity index (χ4n) is 5.36. The van der Waals surface area contributed by atoms with Crippen LogP contribution < -0.4 is 17.2 Å². The summed E-state index contributed by atoms with van der Waals surface area (Å²) in [5.74, 6) is 0.682. The molecule has 246 valence electrons. The second-order valence-electron chi connectivity index (χ2n) is 12.4. The molecule has 0 unspecified atom stereocenters. The number of carbonyl (C=O) groups excluding carboxylic acids is 1. The van der Waals surface area contributed by atoms with Gasteiger partial charge in [0, 0.05) is 45.5 Å². The van der Waals surface area contributed by atoms with Gasteiger partial charge in [-0.3, -0.25) is 10.1 Å². The summed E-state index contributed by atoms with van der Waals surface area (Å²) in [6, 6.07) is 24.1. The number of nitrogens with zero attached hydrogens (tertiary/aromatic N) is 4. The molecule has 49 heavy (non-hydrogen) atoms. The van der Waals surface area contributed by atoms with Crippen molar-refractivity contribution in [2.45, 2.75) is 26.4 Å². The number of nitrogen functional groups attached to an aromatic ring is 3. The Kier molecular flexibility index (Phi) is 7.20. The van der Waals surface area contributed by atoms with E-state index < -0.39 is 16.6 Å². The lowest BCUT2D eigenvalue weighted by Gasteiger charge is -2.20. The summed E-state index contributed by atoms with van der Waals surface area (Å²) in [5.41, 5.74) is 23.4. The molecule has 0 fully saturated rings. The fraction of sp³-hybridized carbons (Fsp3) is 0.114. The van der Waals surface area contributed by atoms with Crippen molar-refractivity contribution >= 4 is 72.8 Å². The van der Waals surface area contributed by atoms with Crippen LogP contribution in [0.3, 0.4) is 0 Å². The lowest BCUT2D eigenvalue weighted by Crippen LogP contribution is -2.27. The first-order valence-electron chi connectivity index (χ1n) is 15.1. The molecule has 14 nitrogen and oxygen atoms in total. The second kappa shape index (κ2) is 11.5. The number of rotatable bonds is 3. The SMILES string of the molecule is CC(C)(C)OC(=O)n1c(-c2nc3cc([N+](=O)[O-])ccc3o2)cc2cc(N)ccc21.Nc1ccc2[nH]c(-c3nc4cc(N)ccc4o3)cc2c1. The molecule has 0 aliphatic rings. The van der Waals surface area contributed by atoms with Gasteiger partial charge in [-0.15, -0.1) is 0 Å². The molecule has 8 aromatic rings. The van der Waals surface area contributed by atoms with Crippen LogP contribution in [0.15, 0.2) is 93.8 Å². The maximum atomic E-state index is 12.9. The average Bonchev–Trinajstić information content (AvgIpc) is 3.82. The van der Waals surface area contributed by atoms with Crippen LogP contribution >= 0.6 is 0 Å². The highest BCUT2D eigenvalue weighted by Gasteiger charge is 2.25. The summed E-state index contributed by atoms with van der Waals surface area (Å²) in [6.45, 7) is 5.31. The summed E-state index contributed by atoms with van der Waals surface area (Å²) in [4.78, 5) is 35.5. The number of nitrogens with one attached hydrogen (secondary N) is 1. The number of aromatic nitrogens is 4. The van der Waals surface area contributed by atoms with Crippen molar-refractivity contribution < 1.29 is 23.3 Å². The molecule has 7 N–H and O–H groups in total. The summed E-state index contributed by atoms with van der Waals surface area (Å²) >= 11 is 0. The van der Waals surface area contributed by atoms with Crippen LogP contribution in [-0.2, 0) is 4.74 Å². The van der Waals surface area contributed by atoms with E-state index in [0.717, 1.165) is 27.8 Å². The van der Waals surface area contributed by atoms with Crippen LogP contribution in [0, 0.1) is 10.1 Å². The molecule has 0 aliphatic carbocycles. The van der Waals surface area contributed by atoms with Crippen molar-refractivity contribution in [1.82, 2.24) is 19.5 Å². The first-order valence-corrected chi connectivity index (χ1v) is 15.1. The largest absolute Gasteiger partial charge is 0.443 e. The number of hydrogen-bond acceptors (Lipinski definition) is 11. The number of benzene rings is 4. The number of hydrogen-bond donors (Lipinski definition) is 4. The van der Waals surface area contributed by atoms with Crippen LogP contribution in [-0.4, -0.2) is 36.1 Å². The van der Waals surface area contributed by atoms with Gasteiger partial charge in [-0.25, -0.2) is 19.3 Å². The number of nitro groups is 1. The zero-order chi connectivity index (χ0) is 34.6. The Bertz CT molecular complexity index is 2490. The number of fused-ring (bicyclic) bond motifs is 4. The van der Waals surface area contributed by atoms with Gasteiger partial charge in [0.05, 0.1) is 10.4 Å². The number of nitro benzene ring substituents is 1. The van der Waals surface area contributed by atoms with E-state index in [9.17, 15) is 14.9 Å². The van der Waals surface area contributed by atoms with E-state index in [0.29, 0.717) is 50.5 Å². The molecule has 4 aromatic heterocycles. The molecule has 4 aromatic carbocycles. The molecule has 0 spiro atoms. The molecule has 8 rings (SSSR count). The molecule has 0 bridgehead atoms. The number of aromatic amines is 1. The van der Waals surface area contributed by atoms with E-state index in [1.54, 1.807) is 57.2 Å². The van der Waals surface area contributed by atoms with E-state index in [1.807, 2.05) is 30.3 Å². The Morgan fingerprint density at radius 2 is 1.41 bits per heavy atom. The molecular weight excluding hydrogens is 628 g/mol. The van der Waals surface area contributed by atoms with Gasteiger partial charge in [-0.1, -0.05) is 0 Å². The Hall–Kier alpha value is -6.83. The quantitative estimate of drug-likeness (QED) is 0.0812. The van der Waals surface area contributed by atoms with Crippen molar-refractivity contribution in [2.24, 2.45) is 0 Å². The maximum absolute atomic E-state index is 12.9. The smallest absolute Gasteiger partial charge is 0.419 e. The van der Waals surface area contributed by atoms with Gasteiger partial charge in [0.25, 0.3) is 5.69 Å². The van der Waals surface area contributed by atoms with Crippen molar-refractivity contribution in [3.63, 3.8) is 0 Å². The predicted molar refractivity (Wildman–Crippen MR) is 188 cm³/mol. The number of ether oxygens (including phenoxy) is 1. The van der Waals surface area contributed by atoms with Crippen molar-refractivity contribution in [1.29, 1.82) is 0 Å². The molecule has 0 aliphatic heterocycles. The zero-order valence-electron chi connectivity index (χ0n) is 26.6. The predicted octanol–water partition coefficient (Wildman–Crippen LogP) is 7.86. The first kappa shape index (κ1) is 30.8. The standard InChI is InChI=1S/C20H18N4O5.C15H12N4O/c1-20(2,3)29-19(25)23-15-6-4-12(21)8-11(15)9-16(23)18-22-14-10-13(24(26)27)5-7-17(14)28-18;16-9-1-3-11-8(5-9)6-13(18-11)15-19-12-7-10(17)2-4-14(12)20-15/h4-10H,21H2,1-3H3;1-7,18H,16-17H2. The minimum absolute atomic E-state index is 0.0993. The van der Waals surface area contributed by atoms with E-state index in [-0.39, 0.29) is 11.6 Å². The molecule has 0 saturated heterocycles. The van der Waals surface area contributed by atoms with Crippen LogP contribution in [0.2, 0.25) is 0 Å². The molecular formula is C35H30N8O6. The molecule has 14 heteroatoms. The van der Waals surface area contributed by atoms with Gasteiger partial charge in [0.2, 0.25) is 11.8 Å². The number of anilines is 3. The van der Waals surface area contributed by atoms with Crippen molar-refractivity contribution in [3.8, 4) is 23.2 Å². The Labute approximate surface area is 277 Å². The fourth-order valence-corrected chi connectivity index (χ4v) is 5.36. The van der Waals surface area contributed by atoms with Crippen LogP contribution in [0.4, 0.5) is 27.5 Å². The number of H-pyrrole nitrogens is 1. The Balaban J connectivity index is 0.000000165. The minimum Gasteiger partial charge on any atom is -0.443 e. The summed E-state index contributed by atoms with van der Waals surface area (Å²) in [5, 5.41) is 12.8. The molecule has 4 heterocycles. The maximum Gasteiger partial charge on any atom is 0.419 e. The molecule has 0 radical (unpaired) electrons. The van der Waals surface area contributed by atoms with E-state index >= 15 is 0 Å². The third-order valence-electron chi connectivity index (χ3n) is 7.49. The van der Waals surface area contributed by atoms with Crippen molar-refractivity contribution in [3.05, 3.63) is 95.0 Å².